The van der Waals surface area contributed by atoms with E-state index in [1.54, 1.807) is 31.2 Å². The lowest BCUT2D eigenvalue weighted by Crippen LogP contribution is -2.89. The number of esters is 2. The molecule has 8 fully saturated rings. The van der Waals surface area contributed by atoms with E-state index in [1.807, 2.05) is 45.9 Å². The molecule has 0 aromatic heterocycles. The summed E-state index contributed by atoms with van der Waals surface area (Å²) in [5, 5.41) is 63.3. The molecule has 57 heavy (non-hydrogen) atoms. The van der Waals surface area contributed by atoms with Crippen LogP contribution in [0.5, 0.6) is 0 Å². The van der Waals surface area contributed by atoms with Gasteiger partial charge in [0, 0.05) is 41.7 Å². The van der Waals surface area contributed by atoms with E-state index in [-0.39, 0.29) is 48.9 Å². The van der Waals surface area contributed by atoms with Crippen LogP contribution in [-0.4, -0.2) is 109 Å². The monoisotopic (exact) mass is 794 g/mol. The molecule has 4 saturated heterocycles. The standard InChI is InChI=1S/C44H58O13/c1-22(2)18-32(47)52-29-14-10-11-15-31(46)53-34-23(3)19-30-41(34,50)38(48)40(21-45)36(54-40)33-37-43(51,39(6,49)20-26-16-17-28(29)24(26)4)35-25(5)42(30,33)57-44(55-35,56-37)27-12-8-7-9-13-27/h7-15,22-26,28-30,33-38,45,48-51H,16-21H2,1-6H3/b14-10+,15-11+. The molecule has 4 saturated carbocycles. The summed E-state index contributed by atoms with van der Waals surface area (Å²) < 4.78 is 39.5. The van der Waals surface area contributed by atoms with Crippen LogP contribution < -0.4 is 0 Å². The van der Waals surface area contributed by atoms with Crippen molar-refractivity contribution < 1.29 is 63.5 Å². The molecule has 312 valence electrons. The van der Waals surface area contributed by atoms with Gasteiger partial charge in [-0.15, -0.1) is 0 Å². The van der Waals surface area contributed by atoms with Gasteiger partial charge in [0.25, 0.3) is 0 Å². The third-order valence-electron chi connectivity index (χ3n) is 15.8. The number of rotatable bonds is 5. The highest BCUT2D eigenvalue weighted by atomic mass is 16.9. The van der Waals surface area contributed by atoms with Crippen LogP contribution in [0.15, 0.2) is 54.6 Å². The lowest BCUT2D eigenvalue weighted by atomic mass is 9.49. The van der Waals surface area contributed by atoms with Crippen molar-refractivity contribution in [3.05, 3.63) is 60.2 Å². The molecule has 13 heteroatoms. The number of aliphatic hydroxyl groups is 5. The zero-order valence-corrected chi connectivity index (χ0v) is 33.5. The molecule has 19 unspecified atom stereocenters. The summed E-state index contributed by atoms with van der Waals surface area (Å²) in [6.45, 7) is 10.6. The molecule has 1 aromatic carbocycles. The van der Waals surface area contributed by atoms with Crippen LogP contribution in [0.2, 0.25) is 0 Å². The Morgan fingerprint density at radius 1 is 0.965 bits per heavy atom. The van der Waals surface area contributed by atoms with E-state index < -0.39 is 107 Å². The quantitative estimate of drug-likeness (QED) is 0.216. The van der Waals surface area contributed by atoms with Crippen molar-refractivity contribution in [3.8, 4) is 0 Å². The van der Waals surface area contributed by atoms with Gasteiger partial charge in [-0.3, -0.25) is 4.79 Å². The van der Waals surface area contributed by atoms with Crippen LogP contribution in [0.4, 0.5) is 0 Å². The zero-order valence-electron chi connectivity index (χ0n) is 33.5. The first-order valence-electron chi connectivity index (χ1n) is 20.9. The molecule has 1 aromatic rings. The number of carbonyl (C=O) groups excluding carboxylic acids is 2. The lowest BCUT2D eigenvalue weighted by molar-refractivity contribution is -0.595. The third-order valence-corrected chi connectivity index (χ3v) is 15.8. The van der Waals surface area contributed by atoms with Crippen molar-refractivity contribution in [2.75, 3.05) is 6.61 Å². The van der Waals surface area contributed by atoms with E-state index in [4.69, 9.17) is 28.4 Å². The molecule has 5 aliphatic heterocycles. The number of fused-ring (bicyclic) bond motifs is 3. The number of hydrogen-bond acceptors (Lipinski definition) is 13. The summed E-state index contributed by atoms with van der Waals surface area (Å²) in [5.74, 6) is -6.33. The Hall–Kier alpha value is -2.72. The van der Waals surface area contributed by atoms with Crippen LogP contribution in [0.25, 0.3) is 0 Å². The molecule has 13 nitrogen and oxygen atoms in total. The molecule has 0 radical (unpaired) electrons. The summed E-state index contributed by atoms with van der Waals surface area (Å²) in [7, 11) is 0. The van der Waals surface area contributed by atoms with Crippen molar-refractivity contribution >= 4 is 11.9 Å². The maximum absolute atomic E-state index is 13.7. The van der Waals surface area contributed by atoms with E-state index in [2.05, 4.69) is 6.92 Å². The molecule has 10 rings (SSSR count). The molecule has 0 amide bonds. The maximum Gasteiger partial charge on any atom is 0.331 e. The van der Waals surface area contributed by atoms with E-state index in [0.29, 0.717) is 18.4 Å². The van der Waals surface area contributed by atoms with Gasteiger partial charge in [0.2, 0.25) is 0 Å². The van der Waals surface area contributed by atoms with Gasteiger partial charge in [0.1, 0.15) is 53.4 Å². The average molecular weight is 795 g/mol. The molecule has 5 N–H and O–H groups in total. The summed E-state index contributed by atoms with van der Waals surface area (Å²) in [6.07, 6.45) is 1.15. The molecule has 10 bridgehead atoms. The number of carbonyl (C=O) groups is 2. The second kappa shape index (κ2) is 13.1. The Kier molecular flexibility index (Phi) is 9.16. The largest absolute Gasteiger partial charge is 0.458 e. The van der Waals surface area contributed by atoms with Crippen LogP contribution >= 0.6 is 0 Å². The smallest absolute Gasteiger partial charge is 0.331 e. The van der Waals surface area contributed by atoms with Crippen LogP contribution in [0.1, 0.15) is 79.2 Å². The van der Waals surface area contributed by atoms with Gasteiger partial charge in [-0.05, 0) is 62.4 Å². The number of hydrogen-bond donors (Lipinski definition) is 5. The topological polar surface area (TPSA) is 194 Å². The number of benzene rings is 1. The van der Waals surface area contributed by atoms with E-state index in [1.165, 1.54) is 12.2 Å². The minimum Gasteiger partial charge on any atom is -0.458 e. The van der Waals surface area contributed by atoms with Crippen molar-refractivity contribution in [1.29, 1.82) is 0 Å². The Balaban J connectivity index is 1.22. The molecule has 1 spiro atoms. The first-order valence-corrected chi connectivity index (χ1v) is 20.9. The molecule has 19 atom stereocenters. The molecular formula is C44H58O13. The number of allylic oxidation sites excluding steroid dienone is 2. The zero-order chi connectivity index (χ0) is 40.7. The first kappa shape index (κ1) is 39.7. The van der Waals surface area contributed by atoms with E-state index >= 15 is 0 Å². The Morgan fingerprint density at radius 3 is 2.39 bits per heavy atom. The fourth-order valence-electron chi connectivity index (χ4n) is 13.0. The van der Waals surface area contributed by atoms with Gasteiger partial charge >= 0.3 is 17.9 Å². The predicted octanol–water partition coefficient (Wildman–Crippen LogP) is 3.04. The second-order valence-electron chi connectivity index (χ2n) is 19.3. The number of ether oxygens (including phenoxy) is 6. The van der Waals surface area contributed by atoms with Gasteiger partial charge in [-0.2, -0.15) is 0 Å². The predicted molar refractivity (Wildman–Crippen MR) is 200 cm³/mol. The van der Waals surface area contributed by atoms with Crippen molar-refractivity contribution in [2.45, 2.75) is 144 Å². The number of epoxide rings is 1. The van der Waals surface area contributed by atoms with Gasteiger partial charge in [-0.25, -0.2) is 4.79 Å². The average Bonchev–Trinajstić information content (AvgIpc) is 3.72. The Labute approximate surface area is 333 Å². The summed E-state index contributed by atoms with van der Waals surface area (Å²) >= 11 is 0. The van der Waals surface area contributed by atoms with E-state index in [9.17, 15) is 35.1 Å². The van der Waals surface area contributed by atoms with Gasteiger partial charge < -0.3 is 54.0 Å². The van der Waals surface area contributed by atoms with Gasteiger partial charge in [0.15, 0.2) is 0 Å². The maximum atomic E-state index is 13.7. The lowest BCUT2D eigenvalue weighted by Gasteiger charge is -2.74. The van der Waals surface area contributed by atoms with Gasteiger partial charge in [-0.1, -0.05) is 77.1 Å². The van der Waals surface area contributed by atoms with Crippen LogP contribution in [0.3, 0.4) is 0 Å². The minimum absolute atomic E-state index is 0.0620. The van der Waals surface area contributed by atoms with Crippen LogP contribution in [0, 0.1) is 47.3 Å². The van der Waals surface area contributed by atoms with Crippen LogP contribution in [-0.2, 0) is 44.0 Å². The van der Waals surface area contributed by atoms with Gasteiger partial charge in [0.05, 0.1) is 17.8 Å². The van der Waals surface area contributed by atoms with Crippen molar-refractivity contribution in [1.82, 2.24) is 0 Å². The van der Waals surface area contributed by atoms with Crippen molar-refractivity contribution in [3.63, 3.8) is 0 Å². The Bertz CT molecular complexity index is 1830. The highest BCUT2D eigenvalue weighted by Crippen LogP contribution is 2.75. The fourth-order valence-corrected chi connectivity index (χ4v) is 13.0. The summed E-state index contributed by atoms with van der Waals surface area (Å²) in [5.41, 5.74) is -8.82. The molecule has 4 aliphatic carbocycles. The number of aliphatic hydroxyl groups excluding tert-OH is 2. The molecule has 5 heterocycles. The first-order chi connectivity index (χ1) is 26.9. The highest BCUT2D eigenvalue weighted by Gasteiger charge is 2.91. The molecular weight excluding hydrogens is 736 g/mol. The second-order valence-corrected chi connectivity index (χ2v) is 19.3. The summed E-state index contributed by atoms with van der Waals surface area (Å²) in [4.78, 5) is 26.7. The third kappa shape index (κ3) is 5.26. The SMILES string of the molecule is CC(C)CC(=O)OC1/C=C/C=C/C(=O)OC2C(C)CC3C2(O)C(O)C2(CO)OC2C2C4OC5(c6ccccc6)OC(C(C)C23O5)C4(O)C(C)(O)CC2CCC1C2C. The normalized spacial score (nSPS) is 54.4. The van der Waals surface area contributed by atoms with E-state index in [0.717, 1.165) is 0 Å². The molecule has 9 aliphatic rings. The van der Waals surface area contributed by atoms with Crippen molar-refractivity contribution in [2.24, 2.45) is 47.3 Å². The fraction of sp³-hybridized carbons (Fsp3) is 0.727. The highest BCUT2D eigenvalue weighted by molar-refractivity contribution is 5.82. The summed E-state index contributed by atoms with van der Waals surface area (Å²) in [6, 6.07) is 9.04. The Morgan fingerprint density at radius 2 is 1.68 bits per heavy atom. The minimum atomic E-state index is -2.21.